The lowest BCUT2D eigenvalue weighted by Crippen LogP contribution is -2.28. The van der Waals surface area contributed by atoms with Gasteiger partial charge in [0.05, 0.1) is 22.8 Å². The molecule has 0 unspecified atom stereocenters. The van der Waals surface area contributed by atoms with Crippen molar-refractivity contribution in [2.75, 3.05) is 11.4 Å². The van der Waals surface area contributed by atoms with Crippen LogP contribution in [0.1, 0.15) is 16.1 Å². The quantitative estimate of drug-likeness (QED) is 0.691. The molecule has 144 valence electrons. The fourth-order valence-corrected chi connectivity index (χ4v) is 3.82. The fraction of sp³-hybridized carbons (Fsp3) is 0.100. The van der Waals surface area contributed by atoms with Crippen molar-refractivity contribution in [3.63, 3.8) is 0 Å². The van der Waals surface area contributed by atoms with Crippen LogP contribution < -0.4 is 9.62 Å². The minimum absolute atomic E-state index is 0.0764. The maximum atomic E-state index is 14.0. The highest BCUT2D eigenvalue weighted by Crippen LogP contribution is 2.25. The van der Waals surface area contributed by atoms with Gasteiger partial charge in [0.2, 0.25) is 0 Å². The molecular formula is C20H18FN3O3S. The number of benzene rings is 2. The van der Waals surface area contributed by atoms with Gasteiger partial charge in [-0.1, -0.05) is 24.3 Å². The summed E-state index contributed by atoms with van der Waals surface area (Å²) < 4.78 is 40.5. The summed E-state index contributed by atoms with van der Waals surface area (Å²) in [6.07, 6.45) is 1.62. The van der Waals surface area contributed by atoms with Crippen LogP contribution in [-0.4, -0.2) is 26.4 Å². The lowest BCUT2D eigenvalue weighted by atomic mass is 10.2. The molecule has 0 aliphatic rings. The van der Waals surface area contributed by atoms with Crippen molar-refractivity contribution in [3.05, 3.63) is 90.0 Å². The molecule has 0 saturated heterocycles. The first-order valence-corrected chi connectivity index (χ1v) is 9.85. The van der Waals surface area contributed by atoms with Gasteiger partial charge in [0.1, 0.15) is 5.82 Å². The molecule has 0 fully saturated rings. The van der Waals surface area contributed by atoms with Crippen molar-refractivity contribution in [2.24, 2.45) is 0 Å². The van der Waals surface area contributed by atoms with Crippen molar-refractivity contribution in [3.8, 4) is 0 Å². The van der Waals surface area contributed by atoms with Gasteiger partial charge in [0, 0.05) is 18.8 Å². The topological polar surface area (TPSA) is 79.4 Å². The van der Waals surface area contributed by atoms with E-state index in [0.717, 1.165) is 4.31 Å². The van der Waals surface area contributed by atoms with Crippen LogP contribution in [0.5, 0.6) is 0 Å². The van der Waals surface area contributed by atoms with E-state index in [1.807, 2.05) is 0 Å². The Labute approximate surface area is 162 Å². The zero-order valence-corrected chi connectivity index (χ0v) is 15.9. The second-order valence-electron chi connectivity index (χ2n) is 5.96. The van der Waals surface area contributed by atoms with Gasteiger partial charge >= 0.3 is 0 Å². The summed E-state index contributed by atoms with van der Waals surface area (Å²) in [6, 6.07) is 16.5. The third-order valence-corrected chi connectivity index (χ3v) is 5.87. The highest BCUT2D eigenvalue weighted by atomic mass is 32.2. The number of anilines is 1. The molecule has 8 heteroatoms. The molecule has 1 aromatic heterocycles. The maximum Gasteiger partial charge on any atom is 0.264 e. The standard InChI is InChI=1S/C20H18FN3O3S/c1-24(19-11-3-2-10-18(19)21)28(26,27)17-9-6-7-15(13-17)20(25)23-14-16-8-4-5-12-22-16/h2-13H,14H2,1H3,(H,23,25). The van der Waals surface area contributed by atoms with Gasteiger partial charge in [0.25, 0.3) is 15.9 Å². The molecule has 0 spiro atoms. The van der Waals surface area contributed by atoms with Crippen LogP contribution in [0, 0.1) is 5.82 Å². The minimum Gasteiger partial charge on any atom is -0.346 e. The van der Waals surface area contributed by atoms with Crippen molar-refractivity contribution in [2.45, 2.75) is 11.4 Å². The second kappa shape index (κ2) is 8.18. The smallest absolute Gasteiger partial charge is 0.264 e. The van der Waals surface area contributed by atoms with Gasteiger partial charge in [-0.15, -0.1) is 0 Å². The van der Waals surface area contributed by atoms with Crippen molar-refractivity contribution >= 4 is 21.6 Å². The van der Waals surface area contributed by atoms with E-state index in [2.05, 4.69) is 10.3 Å². The van der Waals surface area contributed by atoms with E-state index in [9.17, 15) is 17.6 Å². The highest BCUT2D eigenvalue weighted by molar-refractivity contribution is 7.92. The van der Waals surface area contributed by atoms with Crippen LogP contribution in [0.3, 0.4) is 0 Å². The van der Waals surface area contributed by atoms with Gasteiger partial charge in [0.15, 0.2) is 0 Å². The van der Waals surface area contributed by atoms with Crippen LogP contribution in [0.25, 0.3) is 0 Å². The Bertz CT molecular complexity index is 1090. The van der Waals surface area contributed by atoms with Crippen LogP contribution in [0.4, 0.5) is 10.1 Å². The molecule has 0 radical (unpaired) electrons. The van der Waals surface area contributed by atoms with Gasteiger partial charge in [-0.2, -0.15) is 0 Å². The lowest BCUT2D eigenvalue weighted by molar-refractivity contribution is 0.0950. The molecule has 3 aromatic rings. The molecule has 6 nitrogen and oxygen atoms in total. The molecule has 0 aliphatic heterocycles. The Balaban J connectivity index is 1.82. The SMILES string of the molecule is CN(c1ccccc1F)S(=O)(=O)c1cccc(C(=O)NCc2ccccn2)c1. The number of amides is 1. The number of pyridine rings is 1. The number of hydrogen-bond acceptors (Lipinski definition) is 4. The van der Waals surface area contributed by atoms with Crippen LogP contribution in [0.15, 0.2) is 77.8 Å². The van der Waals surface area contributed by atoms with Crippen molar-refractivity contribution in [1.82, 2.24) is 10.3 Å². The summed E-state index contributed by atoms with van der Waals surface area (Å²) in [6.45, 7) is 0.214. The van der Waals surface area contributed by atoms with E-state index in [1.165, 1.54) is 49.5 Å². The number of sulfonamides is 1. The number of carbonyl (C=O) groups is 1. The summed E-state index contributed by atoms with van der Waals surface area (Å²) in [5.41, 5.74) is 0.783. The summed E-state index contributed by atoms with van der Waals surface area (Å²) in [5, 5.41) is 2.69. The molecule has 0 aliphatic carbocycles. The molecule has 1 N–H and O–H groups in total. The van der Waals surface area contributed by atoms with Crippen LogP contribution in [-0.2, 0) is 16.6 Å². The zero-order chi connectivity index (χ0) is 20.1. The largest absolute Gasteiger partial charge is 0.346 e. The summed E-state index contributed by atoms with van der Waals surface area (Å²) >= 11 is 0. The number of aromatic nitrogens is 1. The number of halogens is 1. The molecule has 1 amide bonds. The van der Waals surface area contributed by atoms with E-state index in [4.69, 9.17) is 0 Å². The third-order valence-electron chi connectivity index (χ3n) is 4.10. The van der Waals surface area contributed by atoms with Gasteiger partial charge in [-0.3, -0.25) is 14.1 Å². The molecule has 0 atom stereocenters. The second-order valence-corrected chi connectivity index (χ2v) is 7.92. The Morgan fingerprint density at radius 3 is 2.54 bits per heavy atom. The Hall–Kier alpha value is -3.26. The Morgan fingerprint density at radius 1 is 1.07 bits per heavy atom. The number of hydrogen-bond donors (Lipinski definition) is 1. The highest BCUT2D eigenvalue weighted by Gasteiger charge is 2.24. The first-order chi connectivity index (χ1) is 13.4. The summed E-state index contributed by atoms with van der Waals surface area (Å²) in [7, 11) is -2.77. The normalized spacial score (nSPS) is 11.1. The zero-order valence-electron chi connectivity index (χ0n) is 15.0. The molecule has 0 saturated carbocycles. The molecule has 2 aromatic carbocycles. The van der Waals surface area contributed by atoms with Crippen LogP contribution >= 0.6 is 0 Å². The first kappa shape index (κ1) is 19.5. The van der Waals surface area contributed by atoms with E-state index in [0.29, 0.717) is 5.69 Å². The first-order valence-electron chi connectivity index (χ1n) is 8.41. The van der Waals surface area contributed by atoms with E-state index >= 15 is 0 Å². The molecule has 0 bridgehead atoms. The minimum atomic E-state index is -4.04. The maximum absolute atomic E-state index is 14.0. The predicted molar refractivity (Wildman–Crippen MR) is 104 cm³/mol. The molecule has 1 heterocycles. The Morgan fingerprint density at radius 2 is 1.82 bits per heavy atom. The number of rotatable bonds is 6. The summed E-state index contributed by atoms with van der Waals surface area (Å²) in [5.74, 6) is -1.09. The van der Waals surface area contributed by atoms with Gasteiger partial charge in [-0.25, -0.2) is 12.8 Å². The number of para-hydroxylation sites is 1. The predicted octanol–water partition coefficient (Wildman–Crippen LogP) is 2.98. The van der Waals surface area contributed by atoms with Crippen molar-refractivity contribution in [1.29, 1.82) is 0 Å². The average molecular weight is 399 g/mol. The number of carbonyl (C=O) groups excluding carboxylic acids is 1. The third kappa shape index (κ3) is 4.17. The number of nitrogens with one attached hydrogen (secondary N) is 1. The van der Waals surface area contributed by atoms with Crippen LogP contribution in [0.2, 0.25) is 0 Å². The van der Waals surface area contributed by atoms with Gasteiger partial charge in [-0.05, 0) is 42.5 Å². The van der Waals surface area contributed by atoms with E-state index in [-0.39, 0.29) is 22.7 Å². The Kier molecular flexibility index (Phi) is 5.70. The molecular weight excluding hydrogens is 381 g/mol. The average Bonchev–Trinajstić information content (AvgIpc) is 2.72. The molecule has 3 rings (SSSR count). The monoisotopic (exact) mass is 399 g/mol. The summed E-state index contributed by atoms with van der Waals surface area (Å²) in [4.78, 5) is 16.4. The van der Waals surface area contributed by atoms with E-state index in [1.54, 1.807) is 30.5 Å². The van der Waals surface area contributed by atoms with E-state index < -0.39 is 21.7 Å². The lowest BCUT2D eigenvalue weighted by Gasteiger charge is -2.20. The molecule has 28 heavy (non-hydrogen) atoms. The van der Waals surface area contributed by atoms with Gasteiger partial charge < -0.3 is 5.32 Å². The fourth-order valence-electron chi connectivity index (χ4n) is 2.57. The van der Waals surface area contributed by atoms with Crippen molar-refractivity contribution < 1.29 is 17.6 Å². The number of nitrogens with zero attached hydrogens (tertiary/aromatic N) is 2.